The first-order chi connectivity index (χ1) is 11.4. The number of amides is 1. The molecule has 1 aromatic heterocycles. The molecule has 1 amide bonds. The largest absolute Gasteiger partial charge is 0.490 e. The number of rotatable bonds is 3. The lowest BCUT2D eigenvalue weighted by Gasteiger charge is -2.32. The zero-order chi connectivity index (χ0) is 17.3. The van der Waals surface area contributed by atoms with E-state index in [1.807, 2.05) is 24.0 Å². The number of piperidine rings is 1. The normalized spacial score (nSPS) is 15.5. The lowest BCUT2D eigenvalue weighted by atomic mass is 10.1. The summed E-state index contributed by atoms with van der Waals surface area (Å²) in [6.07, 6.45) is 1.59. The summed E-state index contributed by atoms with van der Waals surface area (Å²) in [5.41, 5.74) is 1.63. The number of ether oxygens (including phenoxy) is 1. The Labute approximate surface area is 140 Å². The Morgan fingerprint density at radius 3 is 2.67 bits per heavy atom. The maximum Gasteiger partial charge on any atom is 0.336 e. The Kier molecular flexibility index (Phi) is 4.42. The number of nitrogens with zero attached hydrogens (tertiary/aromatic N) is 1. The van der Waals surface area contributed by atoms with Crippen LogP contribution < -0.4 is 10.4 Å². The molecule has 0 atom stereocenters. The predicted octanol–water partition coefficient (Wildman–Crippen LogP) is 3.05. The molecule has 5 heteroatoms. The topological polar surface area (TPSA) is 59.8 Å². The van der Waals surface area contributed by atoms with Crippen molar-refractivity contribution in [1.29, 1.82) is 0 Å². The van der Waals surface area contributed by atoms with Crippen molar-refractivity contribution in [3.63, 3.8) is 0 Å². The zero-order valence-corrected chi connectivity index (χ0v) is 14.0. The minimum atomic E-state index is -0.358. The number of hydrogen-bond donors (Lipinski definition) is 0. The van der Waals surface area contributed by atoms with Crippen molar-refractivity contribution in [2.24, 2.45) is 0 Å². The van der Waals surface area contributed by atoms with Gasteiger partial charge in [-0.1, -0.05) is 6.58 Å². The molecule has 3 rings (SSSR count). The van der Waals surface area contributed by atoms with Crippen LogP contribution >= 0.6 is 0 Å². The maximum atomic E-state index is 11.9. The van der Waals surface area contributed by atoms with Crippen molar-refractivity contribution in [3.8, 4) is 5.75 Å². The van der Waals surface area contributed by atoms with E-state index in [9.17, 15) is 9.59 Å². The summed E-state index contributed by atoms with van der Waals surface area (Å²) in [6, 6.07) is 7.04. The Bertz CT molecular complexity index is 844. The highest BCUT2D eigenvalue weighted by Gasteiger charge is 2.24. The third-order valence-corrected chi connectivity index (χ3v) is 4.32. The second-order valence-corrected chi connectivity index (χ2v) is 6.30. The van der Waals surface area contributed by atoms with E-state index in [0.717, 1.165) is 23.8 Å². The number of benzene rings is 1. The number of aryl methyl sites for hydroxylation is 1. The van der Waals surface area contributed by atoms with Crippen molar-refractivity contribution >= 4 is 16.9 Å². The molecule has 1 aliphatic rings. The van der Waals surface area contributed by atoms with Crippen molar-refractivity contribution in [2.45, 2.75) is 32.8 Å². The quantitative estimate of drug-likeness (QED) is 0.642. The highest BCUT2D eigenvalue weighted by atomic mass is 16.5. The van der Waals surface area contributed by atoms with Gasteiger partial charge in [-0.25, -0.2) is 4.79 Å². The first-order valence-corrected chi connectivity index (χ1v) is 8.10. The van der Waals surface area contributed by atoms with Crippen LogP contribution in [-0.4, -0.2) is 30.0 Å². The fourth-order valence-electron chi connectivity index (χ4n) is 3.02. The second kappa shape index (κ2) is 6.51. The number of carbonyl (C=O) groups is 1. The van der Waals surface area contributed by atoms with Gasteiger partial charge in [-0.2, -0.15) is 0 Å². The molecular formula is C19H21NO4. The summed E-state index contributed by atoms with van der Waals surface area (Å²) in [5, 5.41) is 0.906. The smallest absolute Gasteiger partial charge is 0.336 e. The molecule has 0 spiro atoms. The van der Waals surface area contributed by atoms with Gasteiger partial charge in [-0.05, 0) is 31.5 Å². The third-order valence-electron chi connectivity index (χ3n) is 4.32. The molecule has 1 aromatic carbocycles. The number of fused-ring (bicyclic) bond motifs is 1. The predicted molar refractivity (Wildman–Crippen MR) is 92.3 cm³/mol. The third kappa shape index (κ3) is 3.35. The average Bonchev–Trinajstić information content (AvgIpc) is 2.54. The van der Waals surface area contributed by atoms with Crippen molar-refractivity contribution in [1.82, 2.24) is 4.90 Å². The summed E-state index contributed by atoms with van der Waals surface area (Å²) in [6.45, 7) is 8.65. The van der Waals surface area contributed by atoms with E-state index >= 15 is 0 Å². The van der Waals surface area contributed by atoms with Gasteiger partial charge >= 0.3 is 5.63 Å². The van der Waals surface area contributed by atoms with Crippen LogP contribution in [0.1, 0.15) is 25.3 Å². The maximum absolute atomic E-state index is 11.9. The number of likely N-dealkylation sites (tertiary alicyclic amines) is 1. The molecule has 2 aromatic rings. The van der Waals surface area contributed by atoms with E-state index in [-0.39, 0.29) is 17.6 Å². The number of carbonyl (C=O) groups excluding carboxylic acids is 1. The van der Waals surface area contributed by atoms with Crippen molar-refractivity contribution in [3.05, 3.63) is 52.4 Å². The molecule has 0 radical (unpaired) electrons. The Hall–Kier alpha value is -2.56. The van der Waals surface area contributed by atoms with Crippen LogP contribution in [0.2, 0.25) is 0 Å². The number of hydrogen-bond acceptors (Lipinski definition) is 4. The van der Waals surface area contributed by atoms with Gasteiger partial charge < -0.3 is 14.1 Å². The van der Waals surface area contributed by atoms with Crippen LogP contribution in [0.5, 0.6) is 5.75 Å². The van der Waals surface area contributed by atoms with Crippen LogP contribution in [0, 0.1) is 6.92 Å². The van der Waals surface area contributed by atoms with E-state index in [1.165, 1.54) is 6.07 Å². The standard InChI is InChI=1S/C19H21NO4/c1-12(2)19(22)20-8-6-14(7-9-20)23-15-4-5-16-13(3)10-18(21)24-17(16)11-15/h4-5,10-11,14H,1,6-9H2,2-3H3. The van der Waals surface area contributed by atoms with E-state index in [1.54, 1.807) is 13.0 Å². The van der Waals surface area contributed by atoms with Gasteiger partial charge in [-0.3, -0.25) is 4.79 Å². The van der Waals surface area contributed by atoms with E-state index in [4.69, 9.17) is 9.15 Å². The van der Waals surface area contributed by atoms with E-state index in [0.29, 0.717) is 30.0 Å². The van der Waals surface area contributed by atoms with Gasteiger partial charge in [0, 0.05) is 49.0 Å². The zero-order valence-electron chi connectivity index (χ0n) is 14.0. The minimum absolute atomic E-state index is 0.0106. The highest BCUT2D eigenvalue weighted by Crippen LogP contribution is 2.25. The molecule has 2 heterocycles. The summed E-state index contributed by atoms with van der Waals surface area (Å²) < 4.78 is 11.3. The lowest BCUT2D eigenvalue weighted by Crippen LogP contribution is -2.42. The van der Waals surface area contributed by atoms with Gasteiger partial charge in [0.2, 0.25) is 5.91 Å². The molecule has 0 saturated carbocycles. The summed E-state index contributed by atoms with van der Waals surface area (Å²) >= 11 is 0. The lowest BCUT2D eigenvalue weighted by molar-refractivity contribution is -0.128. The Morgan fingerprint density at radius 1 is 1.29 bits per heavy atom. The molecule has 126 valence electrons. The average molecular weight is 327 g/mol. The monoisotopic (exact) mass is 327 g/mol. The second-order valence-electron chi connectivity index (χ2n) is 6.30. The van der Waals surface area contributed by atoms with Crippen LogP contribution in [0.15, 0.2) is 45.6 Å². The fourth-order valence-corrected chi connectivity index (χ4v) is 3.02. The molecule has 0 bridgehead atoms. The first-order valence-electron chi connectivity index (χ1n) is 8.10. The molecule has 5 nitrogen and oxygen atoms in total. The van der Waals surface area contributed by atoms with E-state index < -0.39 is 0 Å². The molecule has 1 fully saturated rings. The van der Waals surface area contributed by atoms with Crippen molar-refractivity contribution in [2.75, 3.05) is 13.1 Å². The minimum Gasteiger partial charge on any atom is -0.490 e. The van der Waals surface area contributed by atoms with Crippen LogP contribution in [0.4, 0.5) is 0 Å². The van der Waals surface area contributed by atoms with Crippen LogP contribution in [0.3, 0.4) is 0 Å². The molecule has 0 aliphatic carbocycles. The van der Waals surface area contributed by atoms with Gasteiger partial charge in [0.15, 0.2) is 0 Å². The molecule has 0 unspecified atom stereocenters. The van der Waals surface area contributed by atoms with Gasteiger partial charge in [0.25, 0.3) is 0 Å². The molecule has 0 N–H and O–H groups in total. The SMILES string of the molecule is C=C(C)C(=O)N1CCC(Oc2ccc3c(C)cc(=O)oc3c2)CC1. The van der Waals surface area contributed by atoms with E-state index in [2.05, 4.69) is 6.58 Å². The first kappa shape index (κ1) is 16.3. The molecule has 1 saturated heterocycles. The molecule has 1 aliphatic heterocycles. The summed E-state index contributed by atoms with van der Waals surface area (Å²) in [4.78, 5) is 25.2. The van der Waals surface area contributed by atoms with Crippen LogP contribution in [0.25, 0.3) is 11.0 Å². The highest BCUT2D eigenvalue weighted by molar-refractivity contribution is 5.92. The molecular weight excluding hydrogens is 306 g/mol. The van der Waals surface area contributed by atoms with Crippen LogP contribution in [-0.2, 0) is 4.79 Å². The summed E-state index contributed by atoms with van der Waals surface area (Å²) in [5.74, 6) is 0.692. The van der Waals surface area contributed by atoms with Gasteiger partial charge in [-0.15, -0.1) is 0 Å². The van der Waals surface area contributed by atoms with Crippen molar-refractivity contribution < 1.29 is 13.9 Å². The Balaban J connectivity index is 1.69. The molecule has 24 heavy (non-hydrogen) atoms. The Morgan fingerprint density at radius 2 is 2.00 bits per heavy atom. The van der Waals surface area contributed by atoms with Gasteiger partial charge in [0.05, 0.1) is 0 Å². The van der Waals surface area contributed by atoms with Gasteiger partial charge in [0.1, 0.15) is 17.4 Å². The summed E-state index contributed by atoms with van der Waals surface area (Å²) in [7, 11) is 0. The fraction of sp³-hybridized carbons (Fsp3) is 0.368.